The molecule has 2 aliphatic heterocycles. The number of esters is 1. The smallest absolute Gasteiger partial charge is 0.362 e. The van der Waals surface area contributed by atoms with Gasteiger partial charge in [-0.15, -0.1) is 0 Å². The topological polar surface area (TPSA) is 64.4 Å². The van der Waals surface area contributed by atoms with Crippen molar-refractivity contribution in [2.24, 2.45) is 16.7 Å². The fourth-order valence-electron chi connectivity index (χ4n) is 10.5. The van der Waals surface area contributed by atoms with Crippen molar-refractivity contribution in [3.05, 3.63) is 40.3 Å². The van der Waals surface area contributed by atoms with Crippen LogP contribution < -0.4 is 5.56 Å². The highest BCUT2D eigenvalue weighted by molar-refractivity contribution is 5.89. The van der Waals surface area contributed by atoms with Gasteiger partial charge in [-0.2, -0.15) is 0 Å². The summed E-state index contributed by atoms with van der Waals surface area (Å²) in [5, 5.41) is 0. The third-order valence-electron chi connectivity index (χ3n) is 10.2. The molecule has 8 rings (SSSR count). The van der Waals surface area contributed by atoms with Crippen molar-refractivity contribution >= 4 is 17.0 Å². The fraction of sp³-hybridized carbons (Fsp3) is 0.690. The Balaban J connectivity index is 1.33. The summed E-state index contributed by atoms with van der Waals surface area (Å²) in [6, 6.07) is 8.73. The van der Waals surface area contributed by atoms with Crippen LogP contribution in [0, 0.1) is 16.7 Å². The molecule has 1 aromatic heterocycles. The molecule has 5 atom stereocenters. The van der Waals surface area contributed by atoms with E-state index in [4.69, 9.17) is 4.74 Å². The van der Waals surface area contributed by atoms with E-state index in [2.05, 4.69) is 23.7 Å². The molecule has 0 N–H and O–H groups in total. The molecule has 6 nitrogen and oxygen atoms in total. The molecule has 0 radical (unpaired) electrons. The van der Waals surface area contributed by atoms with Crippen LogP contribution in [-0.2, 0) is 4.74 Å². The van der Waals surface area contributed by atoms with Gasteiger partial charge >= 0.3 is 5.97 Å². The fourth-order valence-corrected chi connectivity index (χ4v) is 10.5. The highest BCUT2D eigenvalue weighted by atomic mass is 16.5. The van der Waals surface area contributed by atoms with Gasteiger partial charge in [-0.1, -0.05) is 26.0 Å². The van der Waals surface area contributed by atoms with Gasteiger partial charge < -0.3 is 4.74 Å². The Morgan fingerprint density at radius 2 is 1.80 bits per heavy atom. The van der Waals surface area contributed by atoms with Gasteiger partial charge in [-0.05, 0) is 93.6 Å². The van der Waals surface area contributed by atoms with Gasteiger partial charge in [0.1, 0.15) is 0 Å². The van der Waals surface area contributed by atoms with Crippen LogP contribution in [0.1, 0.15) is 95.1 Å². The lowest BCUT2D eigenvalue weighted by atomic mass is 9.42. The maximum atomic E-state index is 13.8. The van der Waals surface area contributed by atoms with E-state index in [9.17, 15) is 9.59 Å². The van der Waals surface area contributed by atoms with Gasteiger partial charge in [0.15, 0.2) is 0 Å². The number of fused-ring (bicyclic) bond motifs is 3. The molecule has 2 saturated heterocycles. The molecule has 3 heterocycles. The van der Waals surface area contributed by atoms with E-state index in [1.165, 1.54) is 44.9 Å². The Bertz CT molecular complexity index is 1270. The summed E-state index contributed by atoms with van der Waals surface area (Å²) in [4.78, 5) is 33.9. The minimum Gasteiger partial charge on any atom is -0.461 e. The summed E-state index contributed by atoms with van der Waals surface area (Å²) >= 11 is 0. The molecule has 0 spiro atoms. The SMILES string of the molecule is CCOC(=O)c1nc2ccccc2n([C@@H]2C[C@@H]3CC[C@H]2N3C23CC4CC(C)(CC(C)(C4)C2)C3)c1=O. The average molecular weight is 476 g/mol. The molecule has 0 amide bonds. The molecule has 186 valence electrons. The zero-order chi connectivity index (χ0) is 24.2. The third kappa shape index (κ3) is 3.07. The molecule has 2 unspecified atom stereocenters. The van der Waals surface area contributed by atoms with E-state index in [1.807, 2.05) is 28.8 Å². The minimum absolute atomic E-state index is 0.0744. The van der Waals surface area contributed by atoms with Gasteiger partial charge in [-0.3, -0.25) is 14.3 Å². The summed E-state index contributed by atoms with van der Waals surface area (Å²) in [6.45, 7) is 7.09. The lowest BCUT2D eigenvalue weighted by Gasteiger charge is -2.68. The van der Waals surface area contributed by atoms with Crippen molar-refractivity contribution in [1.82, 2.24) is 14.5 Å². The second-order valence-corrected chi connectivity index (χ2v) is 13.2. The van der Waals surface area contributed by atoms with E-state index in [-0.39, 0.29) is 29.4 Å². The van der Waals surface area contributed by atoms with Crippen LogP contribution in [-0.4, -0.2) is 44.6 Å². The van der Waals surface area contributed by atoms with E-state index in [0.717, 1.165) is 24.3 Å². The predicted octanol–water partition coefficient (Wildman–Crippen LogP) is 5.10. The van der Waals surface area contributed by atoms with Gasteiger partial charge in [0.25, 0.3) is 5.56 Å². The number of rotatable bonds is 4. The Kier molecular flexibility index (Phi) is 4.52. The zero-order valence-corrected chi connectivity index (χ0v) is 21.3. The van der Waals surface area contributed by atoms with Crippen LogP contribution in [0.5, 0.6) is 0 Å². The number of hydrogen-bond acceptors (Lipinski definition) is 5. The predicted molar refractivity (Wildman–Crippen MR) is 134 cm³/mol. The maximum absolute atomic E-state index is 13.8. The lowest BCUT2D eigenvalue weighted by molar-refractivity contribution is -0.167. The normalized spacial score (nSPS) is 41.7. The molecule has 4 saturated carbocycles. The second kappa shape index (κ2) is 7.18. The Morgan fingerprint density at radius 3 is 2.51 bits per heavy atom. The summed E-state index contributed by atoms with van der Waals surface area (Å²) in [6.07, 6.45) is 11.5. The van der Waals surface area contributed by atoms with Crippen molar-refractivity contribution in [3.63, 3.8) is 0 Å². The number of benzene rings is 1. The highest BCUT2D eigenvalue weighted by Gasteiger charge is 2.66. The van der Waals surface area contributed by atoms with Crippen molar-refractivity contribution in [2.45, 2.75) is 102 Å². The Morgan fingerprint density at radius 1 is 1.06 bits per heavy atom. The second-order valence-electron chi connectivity index (χ2n) is 13.2. The summed E-state index contributed by atoms with van der Waals surface area (Å²) in [5.74, 6) is 0.235. The van der Waals surface area contributed by atoms with Crippen molar-refractivity contribution in [3.8, 4) is 0 Å². The molecular weight excluding hydrogens is 438 g/mol. The quantitative estimate of drug-likeness (QED) is 0.576. The number of carbonyl (C=O) groups excluding carboxylic acids is 1. The number of hydrogen-bond donors (Lipinski definition) is 0. The van der Waals surface area contributed by atoms with Crippen LogP contribution in [0.4, 0.5) is 0 Å². The summed E-state index contributed by atoms with van der Waals surface area (Å²) in [5.41, 5.74) is 2.37. The van der Waals surface area contributed by atoms with Crippen LogP contribution in [0.15, 0.2) is 29.1 Å². The maximum Gasteiger partial charge on any atom is 0.362 e. The number of aromatic nitrogens is 2. The number of nitrogens with zero attached hydrogens (tertiary/aromatic N) is 3. The molecule has 6 fully saturated rings. The number of carbonyl (C=O) groups is 1. The minimum atomic E-state index is -0.612. The molecule has 6 heteroatoms. The Labute approximate surface area is 207 Å². The highest BCUT2D eigenvalue weighted by Crippen LogP contribution is 2.69. The first-order chi connectivity index (χ1) is 16.7. The lowest BCUT2D eigenvalue weighted by Crippen LogP contribution is -2.66. The molecule has 4 aliphatic carbocycles. The summed E-state index contributed by atoms with van der Waals surface area (Å²) in [7, 11) is 0. The summed E-state index contributed by atoms with van der Waals surface area (Å²) < 4.78 is 7.15. The van der Waals surface area contributed by atoms with Gasteiger partial charge in [0.2, 0.25) is 5.69 Å². The molecule has 1 aromatic carbocycles. The van der Waals surface area contributed by atoms with Crippen LogP contribution in [0.2, 0.25) is 0 Å². The monoisotopic (exact) mass is 475 g/mol. The van der Waals surface area contributed by atoms with E-state index >= 15 is 0 Å². The third-order valence-corrected chi connectivity index (χ3v) is 10.2. The van der Waals surface area contributed by atoms with Gasteiger partial charge in [0.05, 0.1) is 23.7 Å². The van der Waals surface area contributed by atoms with Crippen molar-refractivity contribution < 1.29 is 9.53 Å². The molecular formula is C29H37N3O3. The average Bonchev–Trinajstić information content (AvgIpc) is 3.35. The van der Waals surface area contributed by atoms with Gasteiger partial charge in [-0.25, -0.2) is 9.78 Å². The van der Waals surface area contributed by atoms with Gasteiger partial charge in [0, 0.05) is 17.6 Å². The standard InChI is InChI=1S/C29H37N3O3/c1-4-35-26(34)24-25(33)31(21-8-6-5-7-20(21)30-24)23-11-19-9-10-22(23)32(19)29-14-18-12-27(2,16-29)15-28(3,13-18)17-29/h5-8,18-19,22-23H,4,9-17H2,1-3H3/t18?,19-,22+,23+,27?,28?,29?/m0/s1. The van der Waals surface area contributed by atoms with Crippen molar-refractivity contribution in [1.29, 1.82) is 0 Å². The van der Waals surface area contributed by atoms with Crippen LogP contribution in [0.25, 0.3) is 11.0 Å². The molecule has 6 bridgehead atoms. The number of para-hydroxylation sites is 2. The van der Waals surface area contributed by atoms with Crippen LogP contribution >= 0.6 is 0 Å². The zero-order valence-electron chi connectivity index (χ0n) is 21.3. The number of ether oxygens (including phenoxy) is 1. The molecule has 6 aliphatic rings. The molecule has 2 aromatic rings. The first-order valence-electron chi connectivity index (χ1n) is 13.7. The van der Waals surface area contributed by atoms with Crippen LogP contribution in [0.3, 0.4) is 0 Å². The first-order valence-corrected chi connectivity index (χ1v) is 13.7. The van der Waals surface area contributed by atoms with Crippen molar-refractivity contribution in [2.75, 3.05) is 6.61 Å². The van der Waals surface area contributed by atoms with E-state index in [0.29, 0.717) is 28.4 Å². The van der Waals surface area contributed by atoms with E-state index < -0.39 is 5.97 Å². The first kappa shape index (κ1) is 22.0. The molecule has 35 heavy (non-hydrogen) atoms. The Hall–Kier alpha value is -2.21. The van der Waals surface area contributed by atoms with E-state index in [1.54, 1.807) is 6.92 Å². The largest absolute Gasteiger partial charge is 0.461 e.